The normalized spacial score (nSPS) is 13.0. The van der Waals surface area contributed by atoms with E-state index in [1.807, 2.05) is 30.3 Å². The molecule has 0 saturated heterocycles. The lowest BCUT2D eigenvalue weighted by Gasteiger charge is -2.35. The summed E-state index contributed by atoms with van der Waals surface area (Å²) in [7, 11) is 0. The molecule has 0 aliphatic carbocycles. The van der Waals surface area contributed by atoms with Crippen LogP contribution in [0.2, 0.25) is 0 Å². The number of nitrogens with zero attached hydrogens (tertiary/aromatic N) is 1. The summed E-state index contributed by atoms with van der Waals surface area (Å²) < 4.78 is 0. The van der Waals surface area contributed by atoms with Crippen LogP contribution in [0.5, 0.6) is 0 Å². The summed E-state index contributed by atoms with van der Waals surface area (Å²) >= 11 is 0. The minimum atomic E-state index is -0.0396. The van der Waals surface area contributed by atoms with Gasteiger partial charge in [-0.05, 0) is 53.3 Å². The van der Waals surface area contributed by atoms with Gasteiger partial charge in [0.25, 0.3) is 0 Å². The summed E-state index contributed by atoms with van der Waals surface area (Å²) in [4.78, 5) is 4.24. The molecule has 0 N–H and O–H groups in total. The average molecular weight is 324 g/mol. The number of aromatic nitrogens is 1. The molecule has 0 aliphatic heterocycles. The molecule has 0 bridgehead atoms. The van der Waals surface area contributed by atoms with Crippen LogP contribution in [0.4, 0.5) is 0 Å². The average Bonchev–Trinajstić information content (AvgIpc) is 2.67. The summed E-state index contributed by atoms with van der Waals surface area (Å²) in [6.45, 7) is 6.85. The van der Waals surface area contributed by atoms with Gasteiger partial charge in [0.1, 0.15) is 5.69 Å². The van der Waals surface area contributed by atoms with Crippen molar-refractivity contribution in [3.63, 3.8) is 0 Å². The van der Waals surface area contributed by atoms with Gasteiger partial charge >= 0.3 is 0 Å². The topological polar surface area (TPSA) is 12.9 Å². The Kier molecular flexibility index (Phi) is 5.00. The second kappa shape index (κ2) is 7.36. The minimum absolute atomic E-state index is 0.0396. The first-order chi connectivity index (χ1) is 12.1. The van der Waals surface area contributed by atoms with Crippen molar-refractivity contribution in [2.24, 2.45) is 5.92 Å². The van der Waals surface area contributed by atoms with Crippen molar-refractivity contribution in [2.75, 3.05) is 0 Å². The molecule has 3 rings (SSSR count). The highest BCUT2D eigenvalue weighted by Crippen LogP contribution is 2.38. The predicted molar refractivity (Wildman–Crippen MR) is 103 cm³/mol. The first-order valence-corrected chi connectivity index (χ1v) is 8.61. The third-order valence-electron chi connectivity index (χ3n) is 4.96. The van der Waals surface area contributed by atoms with Crippen molar-refractivity contribution >= 4 is 0 Å². The highest BCUT2D eigenvalue weighted by molar-refractivity contribution is 5.45. The van der Waals surface area contributed by atoms with E-state index in [0.29, 0.717) is 5.92 Å². The van der Waals surface area contributed by atoms with Crippen molar-refractivity contribution in [1.82, 2.24) is 4.98 Å². The van der Waals surface area contributed by atoms with E-state index in [1.165, 1.54) is 11.1 Å². The standard InChI is InChI=1S/C24H22N/c1-19(2)24(3,21-9-5-4-6-10-21)22-15-12-20(13-16-22)14-17-23-11-7-8-18-25-23/h5-13,15-16,18-19H,1-3H3. The zero-order valence-corrected chi connectivity index (χ0v) is 15.0. The van der Waals surface area contributed by atoms with Gasteiger partial charge in [0.2, 0.25) is 0 Å². The number of hydrogen-bond donors (Lipinski definition) is 0. The summed E-state index contributed by atoms with van der Waals surface area (Å²) in [5, 5.41) is 0. The highest BCUT2D eigenvalue weighted by Gasteiger charge is 2.32. The van der Waals surface area contributed by atoms with Crippen molar-refractivity contribution in [1.29, 1.82) is 0 Å². The maximum atomic E-state index is 4.24. The first kappa shape index (κ1) is 17.0. The molecule has 1 radical (unpaired) electrons. The molecule has 3 aromatic rings. The third-order valence-corrected chi connectivity index (χ3v) is 4.96. The highest BCUT2D eigenvalue weighted by atomic mass is 14.6. The van der Waals surface area contributed by atoms with E-state index in [4.69, 9.17) is 0 Å². The van der Waals surface area contributed by atoms with Crippen molar-refractivity contribution < 1.29 is 0 Å². The van der Waals surface area contributed by atoms with Gasteiger partial charge in [-0.3, -0.25) is 0 Å². The van der Waals surface area contributed by atoms with Gasteiger partial charge in [-0.2, -0.15) is 0 Å². The Hall–Kier alpha value is -2.85. The van der Waals surface area contributed by atoms with Gasteiger partial charge in [0.15, 0.2) is 0 Å². The van der Waals surface area contributed by atoms with Crippen LogP contribution >= 0.6 is 0 Å². The summed E-state index contributed by atoms with van der Waals surface area (Å²) in [5.74, 6) is 6.77. The van der Waals surface area contributed by atoms with Crippen molar-refractivity contribution in [3.8, 4) is 11.8 Å². The molecule has 25 heavy (non-hydrogen) atoms. The lowest BCUT2D eigenvalue weighted by molar-refractivity contribution is 0.405. The largest absolute Gasteiger partial charge is 0.248 e. The molecular formula is C24H22N. The zero-order valence-electron chi connectivity index (χ0n) is 15.0. The van der Waals surface area contributed by atoms with E-state index >= 15 is 0 Å². The molecule has 1 nitrogen and oxygen atoms in total. The first-order valence-electron chi connectivity index (χ1n) is 8.61. The second-order valence-corrected chi connectivity index (χ2v) is 6.69. The van der Waals surface area contributed by atoms with Gasteiger partial charge in [-0.15, -0.1) is 0 Å². The fourth-order valence-electron chi connectivity index (χ4n) is 3.04. The predicted octanol–water partition coefficient (Wildman–Crippen LogP) is 5.24. The van der Waals surface area contributed by atoms with E-state index in [9.17, 15) is 0 Å². The van der Waals surface area contributed by atoms with Crippen LogP contribution in [-0.4, -0.2) is 4.98 Å². The van der Waals surface area contributed by atoms with Crippen molar-refractivity contribution in [2.45, 2.75) is 26.2 Å². The molecule has 0 amide bonds. The number of rotatable bonds is 3. The summed E-state index contributed by atoms with van der Waals surface area (Å²) in [6, 6.07) is 25.8. The summed E-state index contributed by atoms with van der Waals surface area (Å²) in [6.07, 6.45) is 1.76. The monoisotopic (exact) mass is 324 g/mol. The maximum absolute atomic E-state index is 4.24. The van der Waals surface area contributed by atoms with Gasteiger partial charge in [-0.25, -0.2) is 4.98 Å². The van der Waals surface area contributed by atoms with E-state index in [-0.39, 0.29) is 5.41 Å². The van der Waals surface area contributed by atoms with Crippen LogP contribution in [0, 0.1) is 23.8 Å². The number of benzene rings is 2. The van der Waals surface area contributed by atoms with Gasteiger partial charge < -0.3 is 0 Å². The summed E-state index contributed by atoms with van der Waals surface area (Å²) in [5.41, 5.74) is 4.37. The molecule has 1 heterocycles. The molecular weight excluding hydrogens is 302 g/mol. The fraction of sp³-hybridized carbons (Fsp3) is 0.208. The van der Waals surface area contributed by atoms with E-state index in [1.54, 1.807) is 6.20 Å². The van der Waals surface area contributed by atoms with Crippen LogP contribution in [0.15, 0.2) is 72.9 Å². The molecule has 0 saturated carbocycles. The molecule has 0 fully saturated rings. The molecule has 1 atom stereocenters. The SMILES string of the molecule is CC(C)C(C)(c1cc[c]cc1)c1ccc(C#Cc2ccccn2)cc1. The molecule has 1 aromatic heterocycles. The quantitative estimate of drug-likeness (QED) is 0.600. The Balaban J connectivity index is 1.92. The minimum Gasteiger partial charge on any atom is -0.248 e. The molecule has 2 aromatic carbocycles. The maximum Gasteiger partial charge on any atom is 0.113 e. The third kappa shape index (κ3) is 3.64. The van der Waals surface area contributed by atoms with Gasteiger partial charge in [0.05, 0.1) is 0 Å². The Morgan fingerprint density at radius 2 is 1.56 bits per heavy atom. The Morgan fingerprint density at radius 1 is 0.880 bits per heavy atom. The van der Waals surface area contributed by atoms with Crippen LogP contribution in [0.1, 0.15) is 43.2 Å². The number of pyridine rings is 1. The van der Waals surface area contributed by atoms with Crippen LogP contribution in [0.25, 0.3) is 0 Å². The molecule has 0 aliphatic rings. The Bertz CT molecular complexity index is 868. The fourth-order valence-corrected chi connectivity index (χ4v) is 3.04. The van der Waals surface area contributed by atoms with Crippen LogP contribution in [-0.2, 0) is 5.41 Å². The Morgan fingerprint density at radius 3 is 2.16 bits per heavy atom. The Labute approximate surface area is 150 Å². The number of hydrogen-bond acceptors (Lipinski definition) is 1. The lowest BCUT2D eigenvalue weighted by atomic mass is 9.68. The molecule has 1 unspecified atom stereocenters. The molecule has 0 spiro atoms. The van der Waals surface area contributed by atoms with Gasteiger partial charge in [-0.1, -0.05) is 69.2 Å². The lowest BCUT2D eigenvalue weighted by Crippen LogP contribution is -2.30. The smallest absolute Gasteiger partial charge is 0.113 e. The zero-order chi connectivity index (χ0) is 17.7. The molecule has 1 heteroatoms. The molecule has 123 valence electrons. The van der Waals surface area contributed by atoms with Gasteiger partial charge in [0, 0.05) is 17.2 Å². The van der Waals surface area contributed by atoms with Crippen LogP contribution in [0.3, 0.4) is 0 Å². The van der Waals surface area contributed by atoms with E-state index in [0.717, 1.165) is 11.3 Å². The van der Waals surface area contributed by atoms with Crippen molar-refractivity contribution in [3.05, 3.63) is 101 Å². The van der Waals surface area contributed by atoms with E-state index < -0.39 is 0 Å². The second-order valence-electron chi connectivity index (χ2n) is 6.69. The van der Waals surface area contributed by atoms with E-state index in [2.05, 4.69) is 80.1 Å². The van der Waals surface area contributed by atoms with Crippen LogP contribution < -0.4 is 0 Å².